The van der Waals surface area contributed by atoms with Crippen LogP contribution in [0.15, 0.2) is 0 Å². The van der Waals surface area contributed by atoms with Crippen molar-refractivity contribution in [1.29, 1.82) is 0 Å². The van der Waals surface area contributed by atoms with Crippen LogP contribution in [0.2, 0.25) is 0 Å². The third kappa shape index (κ3) is 5.41. The van der Waals surface area contributed by atoms with Gasteiger partial charge in [0, 0.05) is 6.42 Å². The SMILES string of the molecule is NC(=O)CN(CC(N)=O)C(=O)CCS. The lowest BCUT2D eigenvalue weighted by Crippen LogP contribution is -2.43. The maximum absolute atomic E-state index is 11.3. The van der Waals surface area contributed by atoms with Crippen LogP contribution in [0.3, 0.4) is 0 Å². The van der Waals surface area contributed by atoms with Crippen LogP contribution in [0.1, 0.15) is 6.42 Å². The molecular formula is C7H13N3O3S. The molecule has 0 saturated heterocycles. The summed E-state index contributed by atoms with van der Waals surface area (Å²) in [5.41, 5.74) is 9.80. The van der Waals surface area contributed by atoms with E-state index in [4.69, 9.17) is 11.5 Å². The van der Waals surface area contributed by atoms with Gasteiger partial charge in [-0.2, -0.15) is 12.6 Å². The molecule has 0 aromatic carbocycles. The molecule has 0 rings (SSSR count). The number of hydrogen-bond acceptors (Lipinski definition) is 4. The van der Waals surface area contributed by atoms with E-state index in [0.717, 1.165) is 4.90 Å². The summed E-state index contributed by atoms with van der Waals surface area (Å²) in [5, 5.41) is 0. The van der Waals surface area contributed by atoms with Crippen LogP contribution in [-0.2, 0) is 14.4 Å². The molecule has 7 heteroatoms. The molecule has 4 N–H and O–H groups in total. The predicted octanol–water partition coefficient (Wildman–Crippen LogP) is -1.89. The van der Waals surface area contributed by atoms with Gasteiger partial charge in [-0.3, -0.25) is 14.4 Å². The van der Waals surface area contributed by atoms with Gasteiger partial charge in [0.05, 0.1) is 13.1 Å². The monoisotopic (exact) mass is 219 g/mol. The van der Waals surface area contributed by atoms with Crippen LogP contribution in [0.5, 0.6) is 0 Å². The summed E-state index contributed by atoms with van der Waals surface area (Å²) in [6.45, 7) is -0.592. The first-order valence-corrected chi connectivity index (χ1v) is 4.56. The Morgan fingerprint density at radius 3 is 1.79 bits per heavy atom. The summed E-state index contributed by atoms with van der Waals surface area (Å²) in [5.74, 6) is -1.39. The minimum atomic E-state index is -0.682. The van der Waals surface area contributed by atoms with E-state index in [9.17, 15) is 14.4 Å². The standard InChI is InChI=1S/C7H13N3O3S/c8-5(11)3-10(4-6(9)12)7(13)1-2-14/h14H,1-4H2,(H2,8,11)(H2,9,12). The van der Waals surface area contributed by atoms with Gasteiger partial charge < -0.3 is 16.4 Å². The average Bonchev–Trinajstić information content (AvgIpc) is 2.01. The van der Waals surface area contributed by atoms with E-state index >= 15 is 0 Å². The Hall–Kier alpha value is -1.24. The summed E-state index contributed by atoms with van der Waals surface area (Å²) in [7, 11) is 0. The van der Waals surface area contributed by atoms with Gasteiger partial charge >= 0.3 is 0 Å². The first-order chi connectivity index (χ1) is 6.47. The van der Waals surface area contributed by atoms with Crippen molar-refractivity contribution in [3.05, 3.63) is 0 Å². The summed E-state index contributed by atoms with van der Waals surface area (Å²) in [6, 6.07) is 0. The first kappa shape index (κ1) is 12.8. The van der Waals surface area contributed by atoms with Crippen LogP contribution >= 0.6 is 12.6 Å². The molecule has 0 spiro atoms. The van der Waals surface area contributed by atoms with Crippen molar-refractivity contribution in [1.82, 2.24) is 4.90 Å². The third-order valence-electron chi connectivity index (χ3n) is 1.37. The van der Waals surface area contributed by atoms with Gasteiger partial charge in [-0.25, -0.2) is 0 Å². The topological polar surface area (TPSA) is 106 Å². The number of primary amides is 2. The van der Waals surface area contributed by atoms with Crippen molar-refractivity contribution in [3.63, 3.8) is 0 Å². The minimum absolute atomic E-state index is 0.143. The van der Waals surface area contributed by atoms with Gasteiger partial charge in [-0.15, -0.1) is 0 Å². The van der Waals surface area contributed by atoms with Crippen molar-refractivity contribution in [2.24, 2.45) is 11.5 Å². The molecule has 0 heterocycles. The van der Waals surface area contributed by atoms with E-state index < -0.39 is 11.8 Å². The molecule has 0 aliphatic rings. The molecule has 0 aliphatic heterocycles. The molecule has 0 aliphatic carbocycles. The van der Waals surface area contributed by atoms with E-state index in [-0.39, 0.29) is 25.4 Å². The molecule has 0 unspecified atom stereocenters. The Kier molecular flexibility index (Phi) is 5.70. The summed E-state index contributed by atoms with van der Waals surface area (Å²) in [6.07, 6.45) is 0.143. The van der Waals surface area contributed by atoms with Crippen LogP contribution in [0.25, 0.3) is 0 Å². The zero-order valence-corrected chi connectivity index (χ0v) is 8.50. The Bertz CT molecular complexity index is 228. The van der Waals surface area contributed by atoms with Crippen molar-refractivity contribution in [2.75, 3.05) is 18.8 Å². The van der Waals surface area contributed by atoms with Gasteiger partial charge in [-0.1, -0.05) is 0 Å². The zero-order valence-electron chi connectivity index (χ0n) is 7.60. The largest absolute Gasteiger partial charge is 0.368 e. The highest BCUT2D eigenvalue weighted by atomic mass is 32.1. The van der Waals surface area contributed by atoms with Crippen LogP contribution in [-0.4, -0.2) is 41.5 Å². The smallest absolute Gasteiger partial charge is 0.237 e. The maximum Gasteiger partial charge on any atom is 0.237 e. The summed E-state index contributed by atoms with van der Waals surface area (Å²) < 4.78 is 0. The first-order valence-electron chi connectivity index (χ1n) is 3.92. The normalized spacial score (nSPS) is 9.50. The highest BCUT2D eigenvalue weighted by molar-refractivity contribution is 7.80. The highest BCUT2D eigenvalue weighted by Gasteiger charge is 2.16. The number of nitrogens with zero attached hydrogens (tertiary/aromatic N) is 1. The molecule has 0 bridgehead atoms. The molecule has 0 atom stereocenters. The molecular weight excluding hydrogens is 206 g/mol. The quantitative estimate of drug-likeness (QED) is 0.454. The van der Waals surface area contributed by atoms with E-state index in [1.165, 1.54) is 0 Å². The van der Waals surface area contributed by atoms with Gasteiger partial charge in [-0.05, 0) is 5.75 Å². The second-order valence-corrected chi connectivity index (χ2v) is 3.10. The maximum atomic E-state index is 11.3. The van der Waals surface area contributed by atoms with Crippen LogP contribution in [0.4, 0.5) is 0 Å². The molecule has 0 saturated carbocycles. The number of hydrogen-bond donors (Lipinski definition) is 3. The number of nitrogens with two attached hydrogens (primary N) is 2. The summed E-state index contributed by atoms with van der Waals surface area (Å²) in [4.78, 5) is 33.4. The zero-order chi connectivity index (χ0) is 11.1. The lowest BCUT2D eigenvalue weighted by molar-refractivity contribution is -0.137. The van der Waals surface area contributed by atoms with Gasteiger partial charge in [0.15, 0.2) is 0 Å². The molecule has 0 aromatic heterocycles. The summed E-state index contributed by atoms with van der Waals surface area (Å²) >= 11 is 3.86. The molecule has 0 fully saturated rings. The van der Waals surface area contributed by atoms with Crippen molar-refractivity contribution >= 4 is 30.4 Å². The van der Waals surface area contributed by atoms with E-state index in [1.807, 2.05) is 0 Å². The highest BCUT2D eigenvalue weighted by Crippen LogP contribution is 1.95. The van der Waals surface area contributed by atoms with Crippen LogP contribution < -0.4 is 11.5 Å². The van der Waals surface area contributed by atoms with Crippen molar-refractivity contribution in [3.8, 4) is 0 Å². The molecule has 80 valence electrons. The number of carbonyl (C=O) groups is 3. The number of rotatable bonds is 6. The van der Waals surface area contributed by atoms with Crippen molar-refractivity contribution in [2.45, 2.75) is 6.42 Å². The molecule has 0 aromatic rings. The van der Waals surface area contributed by atoms with E-state index in [0.29, 0.717) is 5.75 Å². The Labute approximate surface area is 87.0 Å². The molecule has 0 radical (unpaired) electrons. The lowest BCUT2D eigenvalue weighted by atomic mass is 10.3. The minimum Gasteiger partial charge on any atom is -0.368 e. The second-order valence-electron chi connectivity index (χ2n) is 2.66. The fourth-order valence-electron chi connectivity index (χ4n) is 0.862. The van der Waals surface area contributed by atoms with E-state index in [2.05, 4.69) is 12.6 Å². The number of amides is 3. The Morgan fingerprint density at radius 2 is 1.50 bits per heavy atom. The fourth-order valence-corrected chi connectivity index (χ4v) is 1.05. The average molecular weight is 219 g/mol. The number of carbonyl (C=O) groups excluding carboxylic acids is 3. The van der Waals surface area contributed by atoms with Crippen molar-refractivity contribution < 1.29 is 14.4 Å². The molecule has 3 amide bonds. The third-order valence-corrected chi connectivity index (χ3v) is 1.60. The van der Waals surface area contributed by atoms with Gasteiger partial charge in [0.25, 0.3) is 0 Å². The van der Waals surface area contributed by atoms with E-state index in [1.54, 1.807) is 0 Å². The molecule has 14 heavy (non-hydrogen) atoms. The predicted molar refractivity (Wildman–Crippen MR) is 53.4 cm³/mol. The number of thiol groups is 1. The Morgan fingerprint density at radius 1 is 1.07 bits per heavy atom. The Balaban J connectivity index is 4.29. The molecule has 6 nitrogen and oxygen atoms in total. The van der Waals surface area contributed by atoms with Gasteiger partial charge in [0.2, 0.25) is 17.7 Å². The lowest BCUT2D eigenvalue weighted by Gasteiger charge is -2.18. The fraction of sp³-hybridized carbons (Fsp3) is 0.571. The second kappa shape index (κ2) is 6.25. The van der Waals surface area contributed by atoms with Gasteiger partial charge in [0.1, 0.15) is 0 Å². The van der Waals surface area contributed by atoms with Crippen LogP contribution in [0, 0.1) is 0 Å².